The van der Waals surface area contributed by atoms with Crippen molar-refractivity contribution >= 4 is 47.8 Å². The number of rotatable bonds is 3. The van der Waals surface area contributed by atoms with E-state index in [1.807, 2.05) is 42.5 Å². The zero-order valence-electron chi connectivity index (χ0n) is 12.0. The summed E-state index contributed by atoms with van der Waals surface area (Å²) in [5.74, 6) is -1.42. The molecular formula is C18H11BCl2O2. The first-order valence-electron chi connectivity index (χ1n) is 6.96. The summed E-state index contributed by atoms with van der Waals surface area (Å²) in [4.78, 5) is 12.3. The van der Waals surface area contributed by atoms with Crippen LogP contribution in [0.25, 0.3) is 10.8 Å². The zero-order chi connectivity index (χ0) is 16.4. The minimum atomic E-state index is -0.924. The summed E-state index contributed by atoms with van der Waals surface area (Å²) in [6.07, 6.45) is 0. The van der Waals surface area contributed by atoms with Crippen LogP contribution >= 0.6 is 23.2 Å². The molecule has 1 atom stereocenters. The first kappa shape index (κ1) is 15.9. The Morgan fingerprint density at radius 2 is 1.57 bits per heavy atom. The molecule has 112 valence electrons. The lowest BCUT2D eigenvalue weighted by molar-refractivity contribution is -0.134. The maximum absolute atomic E-state index is 12.3. The van der Waals surface area contributed by atoms with Crippen LogP contribution in [-0.4, -0.2) is 13.8 Å². The maximum Gasteiger partial charge on any atom is 0.309 e. The summed E-state index contributed by atoms with van der Waals surface area (Å²) in [5.41, 5.74) is 0.664. The van der Waals surface area contributed by atoms with Crippen molar-refractivity contribution in [1.29, 1.82) is 0 Å². The van der Waals surface area contributed by atoms with E-state index in [1.54, 1.807) is 18.2 Å². The fourth-order valence-electron chi connectivity index (χ4n) is 2.28. The number of benzene rings is 3. The standard InChI is InChI=1S/C18H11BCl2O2/c19-16(13-9-8-11-4-1-2-5-12(11)10-13)18(22)23-17-14(20)6-3-7-15(17)21/h1-10,16H. The number of halogens is 2. The van der Waals surface area contributed by atoms with Gasteiger partial charge in [-0.3, -0.25) is 4.79 Å². The highest BCUT2D eigenvalue weighted by Crippen LogP contribution is 2.33. The molecule has 3 rings (SSSR count). The molecule has 0 saturated heterocycles. The number of carbonyl (C=O) groups excluding carboxylic acids is 1. The number of para-hydroxylation sites is 1. The number of esters is 1. The quantitative estimate of drug-likeness (QED) is 0.382. The molecule has 3 aromatic carbocycles. The second-order valence-corrected chi connectivity index (χ2v) is 5.87. The van der Waals surface area contributed by atoms with Crippen LogP contribution in [0.3, 0.4) is 0 Å². The van der Waals surface area contributed by atoms with E-state index >= 15 is 0 Å². The number of hydrogen-bond donors (Lipinski definition) is 0. The van der Waals surface area contributed by atoms with Gasteiger partial charge >= 0.3 is 5.97 Å². The summed E-state index contributed by atoms with van der Waals surface area (Å²) in [7, 11) is 6.02. The molecule has 0 saturated carbocycles. The number of hydrogen-bond acceptors (Lipinski definition) is 2. The average molecular weight is 341 g/mol. The van der Waals surface area contributed by atoms with E-state index in [4.69, 9.17) is 35.8 Å². The largest absolute Gasteiger partial charge is 0.423 e. The molecule has 23 heavy (non-hydrogen) atoms. The number of ether oxygens (including phenoxy) is 1. The van der Waals surface area contributed by atoms with Gasteiger partial charge in [0.2, 0.25) is 0 Å². The lowest BCUT2D eigenvalue weighted by atomic mass is 9.80. The maximum atomic E-state index is 12.3. The van der Waals surface area contributed by atoms with Crippen molar-refractivity contribution in [3.05, 3.63) is 76.3 Å². The van der Waals surface area contributed by atoms with Gasteiger partial charge in [0.25, 0.3) is 0 Å². The van der Waals surface area contributed by atoms with Crippen molar-refractivity contribution in [2.75, 3.05) is 0 Å². The van der Waals surface area contributed by atoms with Crippen molar-refractivity contribution in [2.24, 2.45) is 0 Å². The van der Waals surface area contributed by atoms with E-state index in [0.717, 1.165) is 10.8 Å². The second-order valence-electron chi connectivity index (χ2n) is 5.06. The fraction of sp³-hybridized carbons (Fsp3) is 0.0556. The molecule has 2 radical (unpaired) electrons. The summed E-state index contributed by atoms with van der Waals surface area (Å²) < 4.78 is 5.28. The van der Waals surface area contributed by atoms with Gasteiger partial charge in [-0.2, -0.15) is 0 Å². The molecule has 0 amide bonds. The van der Waals surface area contributed by atoms with Crippen LogP contribution < -0.4 is 4.74 Å². The van der Waals surface area contributed by atoms with E-state index < -0.39 is 11.8 Å². The highest BCUT2D eigenvalue weighted by atomic mass is 35.5. The smallest absolute Gasteiger partial charge is 0.309 e. The van der Waals surface area contributed by atoms with E-state index in [2.05, 4.69) is 0 Å². The highest BCUT2D eigenvalue weighted by Gasteiger charge is 2.20. The van der Waals surface area contributed by atoms with Gasteiger partial charge in [0.05, 0.1) is 17.9 Å². The molecule has 0 N–H and O–H groups in total. The van der Waals surface area contributed by atoms with E-state index in [-0.39, 0.29) is 15.8 Å². The fourth-order valence-corrected chi connectivity index (χ4v) is 2.76. The van der Waals surface area contributed by atoms with E-state index in [0.29, 0.717) is 5.56 Å². The van der Waals surface area contributed by atoms with Crippen LogP contribution in [0.5, 0.6) is 5.75 Å². The topological polar surface area (TPSA) is 26.3 Å². The van der Waals surface area contributed by atoms with E-state index in [1.165, 1.54) is 0 Å². The van der Waals surface area contributed by atoms with Crippen molar-refractivity contribution in [3.63, 3.8) is 0 Å². The van der Waals surface area contributed by atoms with Gasteiger partial charge in [0.1, 0.15) is 0 Å². The molecule has 0 aliphatic rings. The molecule has 2 nitrogen and oxygen atoms in total. The normalized spacial score (nSPS) is 12.1. The van der Waals surface area contributed by atoms with Crippen molar-refractivity contribution < 1.29 is 9.53 Å². The van der Waals surface area contributed by atoms with Crippen LogP contribution in [0.15, 0.2) is 60.7 Å². The molecule has 3 aromatic rings. The van der Waals surface area contributed by atoms with Gasteiger partial charge in [0, 0.05) is 5.82 Å². The summed E-state index contributed by atoms with van der Waals surface area (Å²) >= 11 is 12.0. The molecule has 0 bridgehead atoms. The first-order chi connectivity index (χ1) is 11.1. The Bertz CT molecular complexity index is 860. The molecule has 0 spiro atoms. The molecule has 0 aliphatic carbocycles. The number of fused-ring (bicyclic) bond motifs is 1. The van der Waals surface area contributed by atoms with Crippen molar-refractivity contribution in [2.45, 2.75) is 5.82 Å². The lowest BCUT2D eigenvalue weighted by Crippen LogP contribution is -2.19. The zero-order valence-corrected chi connectivity index (χ0v) is 13.5. The SMILES string of the molecule is [B]C(C(=O)Oc1c(Cl)cccc1Cl)c1ccc2ccccc2c1. The van der Waals surface area contributed by atoms with Crippen molar-refractivity contribution in [1.82, 2.24) is 0 Å². The molecule has 0 aromatic heterocycles. The van der Waals surface area contributed by atoms with Crippen LogP contribution in [0.1, 0.15) is 11.4 Å². The average Bonchev–Trinajstić information content (AvgIpc) is 2.57. The molecule has 0 heterocycles. The molecule has 1 unspecified atom stereocenters. The molecule has 0 fully saturated rings. The van der Waals surface area contributed by atoms with Crippen molar-refractivity contribution in [3.8, 4) is 5.75 Å². The Labute approximate surface area is 145 Å². The third kappa shape index (κ3) is 3.36. The molecule has 0 aliphatic heterocycles. The monoisotopic (exact) mass is 340 g/mol. The van der Waals surface area contributed by atoms with Gasteiger partial charge in [-0.25, -0.2) is 0 Å². The minimum absolute atomic E-state index is 0.122. The summed E-state index contributed by atoms with van der Waals surface area (Å²) in [5, 5.41) is 2.60. The van der Waals surface area contributed by atoms with Gasteiger partial charge < -0.3 is 4.74 Å². The second kappa shape index (κ2) is 6.65. The van der Waals surface area contributed by atoms with E-state index in [9.17, 15) is 4.79 Å². The Kier molecular flexibility index (Phi) is 4.60. The predicted molar refractivity (Wildman–Crippen MR) is 94.5 cm³/mol. The Balaban J connectivity index is 1.86. The predicted octanol–water partition coefficient (Wildman–Crippen LogP) is 4.96. The highest BCUT2D eigenvalue weighted by molar-refractivity contribution is 6.37. The van der Waals surface area contributed by atoms with Crippen LogP contribution in [0.4, 0.5) is 0 Å². The van der Waals surface area contributed by atoms with Gasteiger partial charge in [-0.05, 0) is 28.5 Å². The van der Waals surface area contributed by atoms with Gasteiger partial charge in [0.15, 0.2) is 5.75 Å². The third-order valence-corrected chi connectivity index (χ3v) is 4.10. The van der Waals surface area contributed by atoms with Gasteiger partial charge in [-0.15, -0.1) is 0 Å². The van der Waals surface area contributed by atoms with Crippen LogP contribution in [0.2, 0.25) is 10.0 Å². The molecular weight excluding hydrogens is 330 g/mol. The van der Waals surface area contributed by atoms with Gasteiger partial charge in [-0.1, -0.05) is 71.7 Å². The van der Waals surface area contributed by atoms with Crippen LogP contribution in [-0.2, 0) is 4.79 Å². The minimum Gasteiger partial charge on any atom is -0.423 e. The first-order valence-corrected chi connectivity index (χ1v) is 7.72. The molecule has 5 heteroatoms. The Morgan fingerprint density at radius 3 is 2.26 bits per heavy atom. The Hall–Kier alpha value is -1.97. The van der Waals surface area contributed by atoms with Crippen LogP contribution in [0, 0.1) is 0 Å². The lowest BCUT2D eigenvalue weighted by Gasteiger charge is -2.14. The number of carbonyl (C=O) groups is 1. The Morgan fingerprint density at radius 1 is 0.913 bits per heavy atom. The summed E-state index contributed by atoms with van der Waals surface area (Å²) in [6.45, 7) is 0. The summed E-state index contributed by atoms with van der Waals surface area (Å²) in [6, 6.07) is 18.3. The third-order valence-electron chi connectivity index (χ3n) is 3.51.